The van der Waals surface area contributed by atoms with Gasteiger partial charge in [-0.1, -0.05) is 78.9 Å². The van der Waals surface area contributed by atoms with Crippen molar-refractivity contribution in [2.24, 2.45) is 0 Å². The molecule has 0 unspecified atom stereocenters. The van der Waals surface area contributed by atoms with Gasteiger partial charge < -0.3 is 14.2 Å². The fraction of sp³-hybridized carbons (Fsp3) is 0.115. The summed E-state index contributed by atoms with van der Waals surface area (Å²) in [5.41, 5.74) is 2.42. The average molecular weight is 400 g/mol. The number of hydrogen-bond donors (Lipinski definition) is 0. The Kier molecular flexibility index (Phi) is 7.45. The van der Waals surface area contributed by atoms with Crippen molar-refractivity contribution >= 4 is 11.9 Å². The molecule has 152 valence electrons. The molecule has 0 radical (unpaired) electrons. The molecule has 0 bridgehead atoms. The van der Waals surface area contributed by atoms with E-state index in [4.69, 9.17) is 14.2 Å². The first-order chi connectivity index (χ1) is 14.7. The predicted molar refractivity (Wildman–Crippen MR) is 119 cm³/mol. The number of carbonyl (C=O) groups is 1. The molecule has 0 heterocycles. The lowest BCUT2D eigenvalue weighted by Crippen LogP contribution is -2.05. The van der Waals surface area contributed by atoms with Crippen molar-refractivity contribution in [3.63, 3.8) is 0 Å². The third-order valence-corrected chi connectivity index (χ3v) is 4.43. The minimum atomic E-state index is -0.213. The van der Waals surface area contributed by atoms with Crippen LogP contribution in [-0.2, 0) is 6.61 Å². The summed E-state index contributed by atoms with van der Waals surface area (Å²) in [6, 6.07) is 23.0. The van der Waals surface area contributed by atoms with Crippen LogP contribution in [-0.4, -0.2) is 20.0 Å². The van der Waals surface area contributed by atoms with E-state index in [0.717, 1.165) is 11.1 Å². The smallest absolute Gasteiger partial charge is 0.193 e. The SMILES string of the molecule is COc1cc(OC)c(C(=O)/C=C\C=C\c2ccccc2)c(OCc2ccccc2)c1. The van der Waals surface area contributed by atoms with E-state index in [1.807, 2.05) is 72.8 Å². The van der Waals surface area contributed by atoms with Crippen LogP contribution in [0.1, 0.15) is 21.5 Å². The van der Waals surface area contributed by atoms with Gasteiger partial charge in [-0.15, -0.1) is 0 Å². The summed E-state index contributed by atoms with van der Waals surface area (Å²) in [5.74, 6) is 1.16. The molecule has 0 amide bonds. The van der Waals surface area contributed by atoms with Crippen LogP contribution in [0.4, 0.5) is 0 Å². The molecule has 0 aliphatic carbocycles. The summed E-state index contributed by atoms with van der Waals surface area (Å²) in [6.45, 7) is 0.328. The molecular formula is C26H24O4. The van der Waals surface area contributed by atoms with Crippen LogP contribution in [0.15, 0.2) is 91.0 Å². The maximum Gasteiger partial charge on any atom is 0.193 e. The Morgan fingerprint density at radius 2 is 1.50 bits per heavy atom. The Hall–Kier alpha value is -3.79. The molecule has 0 aliphatic rings. The Bertz CT molecular complexity index is 1020. The highest BCUT2D eigenvalue weighted by atomic mass is 16.5. The Morgan fingerprint density at radius 1 is 0.833 bits per heavy atom. The third-order valence-electron chi connectivity index (χ3n) is 4.43. The third kappa shape index (κ3) is 5.61. The second-order valence-corrected chi connectivity index (χ2v) is 6.47. The van der Waals surface area contributed by atoms with Gasteiger partial charge in [-0.3, -0.25) is 4.79 Å². The van der Waals surface area contributed by atoms with E-state index in [2.05, 4.69) is 0 Å². The zero-order valence-electron chi connectivity index (χ0n) is 17.1. The molecule has 0 saturated heterocycles. The van der Waals surface area contributed by atoms with Gasteiger partial charge in [0.25, 0.3) is 0 Å². The van der Waals surface area contributed by atoms with Gasteiger partial charge in [0.2, 0.25) is 0 Å². The number of ketones is 1. The number of rotatable bonds is 9. The number of carbonyl (C=O) groups excluding carboxylic acids is 1. The number of benzene rings is 3. The maximum absolute atomic E-state index is 12.9. The summed E-state index contributed by atoms with van der Waals surface area (Å²) in [6.07, 6.45) is 6.97. The van der Waals surface area contributed by atoms with E-state index < -0.39 is 0 Å². The molecule has 0 aromatic heterocycles. The topological polar surface area (TPSA) is 44.8 Å². The average Bonchev–Trinajstić information content (AvgIpc) is 2.81. The van der Waals surface area contributed by atoms with Crippen molar-refractivity contribution in [2.45, 2.75) is 6.61 Å². The Labute approximate surface area is 177 Å². The van der Waals surface area contributed by atoms with Crippen LogP contribution in [0.2, 0.25) is 0 Å². The van der Waals surface area contributed by atoms with E-state index in [-0.39, 0.29) is 5.78 Å². The van der Waals surface area contributed by atoms with Crippen molar-refractivity contribution in [2.75, 3.05) is 14.2 Å². The molecule has 3 aromatic rings. The summed E-state index contributed by atoms with van der Waals surface area (Å²) < 4.78 is 16.7. The zero-order chi connectivity index (χ0) is 21.2. The summed E-state index contributed by atoms with van der Waals surface area (Å²) in [5, 5.41) is 0. The van der Waals surface area contributed by atoms with E-state index in [9.17, 15) is 4.79 Å². The normalized spacial score (nSPS) is 11.0. The van der Waals surface area contributed by atoms with E-state index in [0.29, 0.717) is 29.4 Å². The van der Waals surface area contributed by atoms with Crippen LogP contribution in [0.3, 0.4) is 0 Å². The summed E-state index contributed by atoms with van der Waals surface area (Å²) >= 11 is 0. The van der Waals surface area contributed by atoms with Gasteiger partial charge in [0.15, 0.2) is 5.78 Å². The number of hydrogen-bond acceptors (Lipinski definition) is 4. The van der Waals surface area contributed by atoms with Crippen molar-refractivity contribution in [1.82, 2.24) is 0 Å². The largest absolute Gasteiger partial charge is 0.496 e. The van der Waals surface area contributed by atoms with Gasteiger partial charge in [-0.2, -0.15) is 0 Å². The lowest BCUT2D eigenvalue weighted by molar-refractivity contribution is 0.103. The first-order valence-corrected chi connectivity index (χ1v) is 9.58. The molecule has 4 nitrogen and oxygen atoms in total. The minimum absolute atomic E-state index is 0.213. The quantitative estimate of drug-likeness (QED) is 0.261. The number of methoxy groups -OCH3 is 2. The van der Waals surface area contributed by atoms with Crippen LogP contribution in [0.5, 0.6) is 17.2 Å². The van der Waals surface area contributed by atoms with Gasteiger partial charge in [0.05, 0.1) is 14.2 Å². The first-order valence-electron chi connectivity index (χ1n) is 9.58. The highest BCUT2D eigenvalue weighted by Gasteiger charge is 2.19. The molecule has 0 aliphatic heterocycles. The molecule has 4 heteroatoms. The van der Waals surface area contributed by atoms with Crippen LogP contribution < -0.4 is 14.2 Å². The van der Waals surface area contributed by atoms with Crippen LogP contribution in [0, 0.1) is 0 Å². The van der Waals surface area contributed by atoms with Crippen molar-refractivity contribution in [3.05, 3.63) is 108 Å². The highest BCUT2D eigenvalue weighted by molar-refractivity contribution is 6.09. The van der Waals surface area contributed by atoms with Gasteiger partial charge in [-0.25, -0.2) is 0 Å². The van der Waals surface area contributed by atoms with Crippen LogP contribution in [0.25, 0.3) is 6.08 Å². The van der Waals surface area contributed by atoms with E-state index >= 15 is 0 Å². The monoisotopic (exact) mass is 400 g/mol. The van der Waals surface area contributed by atoms with E-state index in [1.54, 1.807) is 25.3 Å². The molecule has 3 rings (SSSR count). The predicted octanol–water partition coefficient (Wildman–Crippen LogP) is 5.74. The summed E-state index contributed by atoms with van der Waals surface area (Å²) in [4.78, 5) is 12.9. The fourth-order valence-corrected chi connectivity index (χ4v) is 2.89. The van der Waals surface area contributed by atoms with Crippen LogP contribution >= 0.6 is 0 Å². The standard InChI is InChI=1S/C26H24O4/c1-28-22-17-24(29-2)26(25(18-22)30-19-21-14-7-4-8-15-21)23(27)16-10-9-13-20-11-5-3-6-12-20/h3-18H,19H2,1-2H3/b13-9+,16-10-. The molecule has 0 saturated carbocycles. The second-order valence-electron chi connectivity index (χ2n) is 6.47. The molecular weight excluding hydrogens is 376 g/mol. The lowest BCUT2D eigenvalue weighted by atomic mass is 10.1. The van der Waals surface area contributed by atoms with Gasteiger partial charge >= 0.3 is 0 Å². The minimum Gasteiger partial charge on any atom is -0.496 e. The molecule has 3 aromatic carbocycles. The molecule has 0 N–H and O–H groups in total. The molecule has 30 heavy (non-hydrogen) atoms. The second kappa shape index (κ2) is 10.7. The molecule has 0 spiro atoms. The number of ether oxygens (including phenoxy) is 3. The van der Waals surface area contributed by atoms with Gasteiger partial charge in [0.1, 0.15) is 29.4 Å². The molecule has 0 atom stereocenters. The Balaban J connectivity index is 1.84. The zero-order valence-corrected chi connectivity index (χ0v) is 17.1. The summed E-state index contributed by atoms with van der Waals surface area (Å²) in [7, 11) is 3.08. The lowest BCUT2D eigenvalue weighted by Gasteiger charge is -2.15. The highest BCUT2D eigenvalue weighted by Crippen LogP contribution is 2.35. The Morgan fingerprint density at radius 3 is 2.17 bits per heavy atom. The van der Waals surface area contributed by atoms with Crippen molar-refractivity contribution < 1.29 is 19.0 Å². The first kappa shape index (κ1) is 20.9. The van der Waals surface area contributed by atoms with Gasteiger partial charge in [-0.05, 0) is 17.2 Å². The fourth-order valence-electron chi connectivity index (χ4n) is 2.89. The van der Waals surface area contributed by atoms with Gasteiger partial charge in [0, 0.05) is 12.1 Å². The maximum atomic E-state index is 12.9. The molecule has 0 fully saturated rings. The number of allylic oxidation sites excluding steroid dienone is 3. The van der Waals surface area contributed by atoms with E-state index in [1.165, 1.54) is 13.2 Å². The van der Waals surface area contributed by atoms with Crippen molar-refractivity contribution in [1.29, 1.82) is 0 Å². The van der Waals surface area contributed by atoms with Crippen molar-refractivity contribution in [3.8, 4) is 17.2 Å².